The molecule has 0 spiro atoms. The van der Waals surface area contributed by atoms with E-state index in [1.165, 1.54) is 33.5 Å². The van der Waals surface area contributed by atoms with Crippen LogP contribution in [0.1, 0.15) is 33.9 Å². The van der Waals surface area contributed by atoms with E-state index < -0.39 is 23.8 Å². The molecule has 1 N–H and O–H groups in total. The van der Waals surface area contributed by atoms with Crippen LogP contribution < -0.4 is 5.48 Å². The van der Waals surface area contributed by atoms with Crippen LogP contribution in [0.3, 0.4) is 0 Å². The maximum absolute atomic E-state index is 13.0. The van der Waals surface area contributed by atoms with Crippen LogP contribution in [0.2, 0.25) is 0 Å². The van der Waals surface area contributed by atoms with Gasteiger partial charge in [0.25, 0.3) is 5.90 Å². The number of hydrogen-bond donors (Lipinski definition) is 1. The van der Waals surface area contributed by atoms with E-state index in [1.54, 1.807) is 12.1 Å². The summed E-state index contributed by atoms with van der Waals surface area (Å²) in [6.45, 7) is 1.74. The van der Waals surface area contributed by atoms with Crippen molar-refractivity contribution in [3.63, 3.8) is 0 Å². The molecule has 0 aromatic heterocycles. The third-order valence-corrected chi connectivity index (χ3v) is 4.42. The Kier molecular flexibility index (Phi) is 8.40. The number of oxime groups is 1. The summed E-state index contributed by atoms with van der Waals surface area (Å²) in [6, 6.07) is 8.91. The number of nitrogens with zero attached hydrogens (tertiary/aromatic N) is 1. The fourth-order valence-corrected chi connectivity index (χ4v) is 2.86. The van der Waals surface area contributed by atoms with Crippen molar-refractivity contribution >= 4 is 11.9 Å². The average molecular weight is 440 g/mol. The number of carbonyl (C=O) groups is 1. The Labute approximate surface area is 177 Å². The average Bonchev–Trinajstić information content (AvgIpc) is 2.75. The number of ether oxygens (including phenoxy) is 2. The molecule has 0 saturated heterocycles. The van der Waals surface area contributed by atoms with E-state index in [9.17, 15) is 18.0 Å². The van der Waals surface area contributed by atoms with E-state index in [1.807, 2.05) is 13.0 Å². The van der Waals surface area contributed by atoms with Crippen molar-refractivity contribution in [2.45, 2.75) is 25.7 Å². The number of nitrogens with one attached hydrogen (secondary N) is 1. The van der Waals surface area contributed by atoms with E-state index in [0.29, 0.717) is 11.1 Å². The van der Waals surface area contributed by atoms with Crippen molar-refractivity contribution in [2.24, 2.45) is 5.16 Å². The van der Waals surface area contributed by atoms with Gasteiger partial charge >= 0.3 is 12.1 Å². The van der Waals surface area contributed by atoms with Crippen LogP contribution in [0, 0.1) is 6.92 Å². The summed E-state index contributed by atoms with van der Waals surface area (Å²) in [5.74, 6) is -0.695. The molecule has 0 bridgehead atoms. The number of rotatable bonds is 8. The van der Waals surface area contributed by atoms with Crippen LogP contribution >= 0.6 is 0 Å². The van der Waals surface area contributed by atoms with Gasteiger partial charge in [0.15, 0.2) is 6.04 Å². The molecule has 0 aliphatic heterocycles. The number of esters is 1. The van der Waals surface area contributed by atoms with Gasteiger partial charge in [-0.3, -0.25) is 0 Å². The predicted molar refractivity (Wildman–Crippen MR) is 106 cm³/mol. The Hall–Kier alpha value is -3.11. The monoisotopic (exact) mass is 440 g/mol. The molecule has 2 aromatic carbocycles. The van der Waals surface area contributed by atoms with Crippen molar-refractivity contribution in [3.8, 4) is 0 Å². The normalized spacial score (nSPS) is 12.9. The molecule has 0 amide bonds. The van der Waals surface area contributed by atoms with Crippen LogP contribution in [-0.4, -0.2) is 33.2 Å². The minimum atomic E-state index is -4.50. The first-order valence-electron chi connectivity index (χ1n) is 9.09. The molecule has 10 heteroatoms. The number of methoxy groups -OCH3 is 2. The van der Waals surface area contributed by atoms with Crippen molar-refractivity contribution in [1.29, 1.82) is 0 Å². The molecule has 168 valence electrons. The number of carbonyl (C=O) groups excluding carboxylic acids is 1. The Bertz CT molecular complexity index is 931. The second kappa shape index (κ2) is 10.8. The van der Waals surface area contributed by atoms with Crippen LogP contribution in [0.4, 0.5) is 13.2 Å². The van der Waals surface area contributed by atoms with Gasteiger partial charge in [0.05, 0.1) is 26.9 Å². The van der Waals surface area contributed by atoms with E-state index in [-0.39, 0.29) is 18.1 Å². The number of hydrogen-bond acceptors (Lipinski definition) is 7. The lowest BCUT2D eigenvalue weighted by Gasteiger charge is -2.19. The summed E-state index contributed by atoms with van der Waals surface area (Å²) in [6.07, 6.45) is -4.50. The molecular weight excluding hydrogens is 417 g/mol. The van der Waals surface area contributed by atoms with Crippen molar-refractivity contribution in [2.75, 3.05) is 21.3 Å². The molecule has 0 aliphatic rings. The molecule has 1 atom stereocenters. The summed E-state index contributed by atoms with van der Waals surface area (Å²) >= 11 is 0. The molecule has 0 aliphatic carbocycles. The third kappa shape index (κ3) is 6.19. The largest absolute Gasteiger partial charge is 0.479 e. The first-order chi connectivity index (χ1) is 14.7. The second-order valence-corrected chi connectivity index (χ2v) is 6.37. The van der Waals surface area contributed by atoms with Gasteiger partial charge in [0.1, 0.15) is 6.61 Å². The van der Waals surface area contributed by atoms with Gasteiger partial charge in [-0.05, 0) is 41.4 Å². The Morgan fingerprint density at radius 3 is 2.42 bits per heavy atom. The van der Waals surface area contributed by atoms with Gasteiger partial charge in [-0.25, -0.2) is 4.79 Å². The summed E-state index contributed by atoms with van der Waals surface area (Å²) in [7, 11) is 3.90. The number of halogens is 3. The summed E-state index contributed by atoms with van der Waals surface area (Å²) < 4.78 is 48.8. The minimum absolute atomic E-state index is 0.0767. The summed E-state index contributed by atoms with van der Waals surface area (Å²) in [5.41, 5.74) is 3.83. The number of benzene rings is 2. The molecule has 0 heterocycles. The summed E-state index contributed by atoms with van der Waals surface area (Å²) in [5, 5.41) is 3.84. The van der Waals surface area contributed by atoms with Crippen LogP contribution in [0.5, 0.6) is 0 Å². The highest BCUT2D eigenvalue weighted by molar-refractivity contribution is 5.93. The highest BCUT2D eigenvalue weighted by Gasteiger charge is 2.31. The van der Waals surface area contributed by atoms with Crippen molar-refractivity contribution in [1.82, 2.24) is 5.48 Å². The Morgan fingerprint density at radius 2 is 1.81 bits per heavy atom. The second-order valence-electron chi connectivity index (χ2n) is 6.37. The number of alkyl halides is 3. The highest BCUT2D eigenvalue weighted by Crippen LogP contribution is 2.30. The fraction of sp³-hybridized carbons (Fsp3) is 0.333. The maximum atomic E-state index is 13.0. The van der Waals surface area contributed by atoms with E-state index in [0.717, 1.165) is 17.7 Å². The molecule has 2 rings (SSSR count). The van der Waals surface area contributed by atoms with Gasteiger partial charge in [0.2, 0.25) is 0 Å². The lowest BCUT2D eigenvalue weighted by atomic mass is 9.97. The number of aryl methyl sites for hydroxylation is 1. The molecule has 0 radical (unpaired) electrons. The van der Waals surface area contributed by atoms with Crippen LogP contribution in [0.25, 0.3) is 0 Å². The van der Waals surface area contributed by atoms with Gasteiger partial charge in [-0.15, -0.1) is 0 Å². The summed E-state index contributed by atoms with van der Waals surface area (Å²) in [4.78, 5) is 22.4. The van der Waals surface area contributed by atoms with Gasteiger partial charge in [0, 0.05) is 11.1 Å². The molecule has 31 heavy (non-hydrogen) atoms. The SMILES string of the molecule is CONC(C(=O)OC)c1cccc(C)c1CO/N=C(\OC)c1cccc(C(F)(F)F)c1. The van der Waals surface area contributed by atoms with Gasteiger partial charge < -0.3 is 19.1 Å². The molecule has 1 unspecified atom stereocenters. The quantitative estimate of drug-likeness (QED) is 0.290. The minimum Gasteiger partial charge on any atom is -0.479 e. The lowest BCUT2D eigenvalue weighted by molar-refractivity contribution is -0.147. The Morgan fingerprint density at radius 1 is 1.10 bits per heavy atom. The Balaban J connectivity index is 2.30. The standard InChI is InChI=1S/C21H23F3N2O5/c1-13-7-5-10-16(18(25-30-4)20(27)29-3)17(13)12-31-26-19(28-2)14-8-6-9-15(11-14)21(22,23)24/h5-11,18,25H,12H2,1-4H3/b26-19-. The zero-order chi connectivity index (χ0) is 23.0. The van der Waals surface area contributed by atoms with Crippen molar-refractivity contribution < 1.29 is 37.1 Å². The third-order valence-electron chi connectivity index (χ3n) is 4.42. The van der Waals surface area contributed by atoms with Crippen LogP contribution in [0.15, 0.2) is 47.6 Å². The van der Waals surface area contributed by atoms with Crippen molar-refractivity contribution in [3.05, 3.63) is 70.3 Å². The van der Waals surface area contributed by atoms with E-state index >= 15 is 0 Å². The first kappa shape index (κ1) is 24.2. The smallest absolute Gasteiger partial charge is 0.416 e. The zero-order valence-corrected chi connectivity index (χ0v) is 17.4. The topological polar surface area (TPSA) is 78.4 Å². The zero-order valence-electron chi connectivity index (χ0n) is 17.4. The van der Waals surface area contributed by atoms with E-state index in [2.05, 4.69) is 10.6 Å². The predicted octanol–water partition coefficient (Wildman–Crippen LogP) is 3.90. The molecule has 2 aromatic rings. The highest BCUT2D eigenvalue weighted by atomic mass is 19.4. The van der Waals surface area contributed by atoms with Gasteiger partial charge in [-0.2, -0.15) is 18.7 Å². The lowest BCUT2D eigenvalue weighted by Crippen LogP contribution is -2.30. The van der Waals surface area contributed by atoms with E-state index in [4.69, 9.17) is 19.1 Å². The van der Waals surface area contributed by atoms with Gasteiger partial charge in [-0.1, -0.05) is 24.3 Å². The maximum Gasteiger partial charge on any atom is 0.416 e. The first-order valence-corrected chi connectivity index (χ1v) is 9.09. The molecule has 0 saturated carbocycles. The molecule has 7 nitrogen and oxygen atoms in total. The number of hydroxylamine groups is 1. The molecule has 0 fully saturated rings. The molecular formula is C21H23F3N2O5. The fourth-order valence-electron chi connectivity index (χ4n) is 2.86. The van der Waals surface area contributed by atoms with Crippen LogP contribution in [-0.2, 0) is 36.7 Å².